The molecule has 0 N–H and O–H groups in total. The number of esters is 1. The van der Waals surface area contributed by atoms with Crippen LogP contribution in [0.4, 0.5) is 0 Å². The molecule has 0 amide bonds. The van der Waals surface area contributed by atoms with Crippen LogP contribution in [0.3, 0.4) is 0 Å². The lowest BCUT2D eigenvalue weighted by Crippen LogP contribution is -2.17. The number of carbonyl (C=O) groups excluding carboxylic acids is 1. The van der Waals surface area contributed by atoms with E-state index in [0.717, 1.165) is 6.26 Å². The van der Waals surface area contributed by atoms with Crippen LogP contribution < -0.4 is 0 Å². The first-order valence-electron chi connectivity index (χ1n) is 3.18. The van der Waals surface area contributed by atoms with Crippen LogP contribution in [0.2, 0.25) is 0 Å². The molecule has 0 spiro atoms. The average Bonchev–Trinajstić information content (AvgIpc) is 2.68. The molecule has 0 aromatic rings. The fourth-order valence-electron chi connectivity index (χ4n) is 0.685. The highest BCUT2D eigenvalue weighted by atomic mass is 16.6. The summed E-state index contributed by atoms with van der Waals surface area (Å²) < 4.78 is 9.45. The van der Waals surface area contributed by atoms with E-state index in [1.807, 2.05) is 0 Å². The Morgan fingerprint density at radius 3 is 3.00 bits per heavy atom. The fraction of sp³-hybridized carbons (Fsp3) is 0.571. The molecule has 0 aromatic carbocycles. The minimum atomic E-state index is -0.266. The molecule has 1 fully saturated rings. The maximum absolute atomic E-state index is 10.9. The molecule has 56 valence electrons. The van der Waals surface area contributed by atoms with E-state index in [9.17, 15) is 4.79 Å². The molecular formula is C7H10O3. The summed E-state index contributed by atoms with van der Waals surface area (Å²) >= 11 is 0. The zero-order valence-electron chi connectivity index (χ0n) is 5.87. The van der Waals surface area contributed by atoms with Gasteiger partial charge in [0.25, 0.3) is 0 Å². The zero-order chi connectivity index (χ0) is 7.56. The van der Waals surface area contributed by atoms with E-state index in [0.29, 0.717) is 6.61 Å². The number of rotatable bonds is 3. The van der Waals surface area contributed by atoms with Crippen molar-refractivity contribution < 1.29 is 14.3 Å². The molecule has 0 radical (unpaired) electrons. The summed E-state index contributed by atoms with van der Waals surface area (Å²) in [6, 6.07) is 0. The van der Waals surface area contributed by atoms with Crippen molar-refractivity contribution in [3.63, 3.8) is 0 Å². The maximum atomic E-state index is 10.9. The first kappa shape index (κ1) is 7.28. The summed E-state index contributed by atoms with van der Waals surface area (Å²) in [5.74, 6) is -0.421. The van der Waals surface area contributed by atoms with Gasteiger partial charge in [-0.15, -0.1) is 0 Å². The summed E-state index contributed by atoms with van der Waals surface area (Å²) in [7, 11) is 0. The van der Waals surface area contributed by atoms with Crippen molar-refractivity contribution in [2.45, 2.75) is 13.0 Å². The van der Waals surface area contributed by atoms with E-state index in [1.165, 1.54) is 0 Å². The maximum Gasteiger partial charge on any atom is 0.316 e. The molecule has 2 unspecified atom stereocenters. The van der Waals surface area contributed by atoms with Gasteiger partial charge in [0, 0.05) is 0 Å². The van der Waals surface area contributed by atoms with Gasteiger partial charge in [-0.3, -0.25) is 4.79 Å². The van der Waals surface area contributed by atoms with Crippen molar-refractivity contribution in [2.24, 2.45) is 5.92 Å². The summed E-state index contributed by atoms with van der Waals surface area (Å²) in [6.45, 7) is 5.73. The molecule has 1 aliphatic rings. The second-order valence-corrected chi connectivity index (χ2v) is 2.26. The monoisotopic (exact) mass is 142 g/mol. The average molecular weight is 142 g/mol. The molecular weight excluding hydrogens is 132 g/mol. The summed E-state index contributed by atoms with van der Waals surface area (Å²) in [5, 5.41) is 0. The third-order valence-corrected chi connectivity index (χ3v) is 1.49. The van der Waals surface area contributed by atoms with Crippen LogP contribution in [0.15, 0.2) is 12.8 Å². The van der Waals surface area contributed by atoms with Gasteiger partial charge in [-0.25, -0.2) is 0 Å². The predicted octanol–water partition coefficient (Wildman–Crippen LogP) is 0.708. The van der Waals surface area contributed by atoms with Gasteiger partial charge in [0.2, 0.25) is 0 Å². The van der Waals surface area contributed by atoms with E-state index in [1.54, 1.807) is 6.92 Å². The standard InChI is InChI=1S/C7H10O3/c1-3-9-7(8)5(2)6-4-10-6/h3,5-6H,1,4H2,2H3. The van der Waals surface area contributed by atoms with Crippen LogP contribution in [-0.4, -0.2) is 18.7 Å². The third kappa shape index (κ3) is 1.57. The van der Waals surface area contributed by atoms with Gasteiger partial charge in [0.05, 0.1) is 24.9 Å². The molecule has 10 heavy (non-hydrogen) atoms. The second kappa shape index (κ2) is 2.84. The molecule has 1 heterocycles. The molecule has 3 heteroatoms. The lowest BCUT2D eigenvalue weighted by Gasteiger charge is -2.03. The molecule has 1 saturated heterocycles. The van der Waals surface area contributed by atoms with Crippen LogP contribution in [0.5, 0.6) is 0 Å². The topological polar surface area (TPSA) is 38.8 Å². The van der Waals surface area contributed by atoms with Crippen LogP contribution >= 0.6 is 0 Å². The fourth-order valence-corrected chi connectivity index (χ4v) is 0.685. The number of carbonyl (C=O) groups is 1. The van der Waals surface area contributed by atoms with Crippen molar-refractivity contribution in [3.05, 3.63) is 12.8 Å². The van der Waals surface area contributed by atoms with Crippen molar-refractivity contribution >= 4 is 5.97 Å². The number of hydrogen-bond donors (Lipinski definition) is 0. The molecule has 2 atom stereocenters. The Bertz CT molecular complexity index is 149. The van der Waals surface area contributed by atoms with Gasteiger partial charge in [-0.1, -0.05) is 6.58 Å². The minimum Gasteiger partial charge on any atom is -0.435 e. The molecule has 3 nitrogen and oxygen atoms in total. The van der Waals surface area contributed by atoms with Gasteiger partial charge in [0.15, 0.2) is 0 Å². The van der Waals surface area contributed by atoms with E-state index in [4.69, 9.17) is 4.74 Å². The Kier molecular flexibility index (Phi) is 2.06. The Morgan fingerprint density at radius 1 is 2.00 bits per heavy atom. The highest BCUT2D eigenvalue weighted by molar-refractivity contribution is 5.73. The largest absolute Gasteiger partial charge is 0.435 e. The van der Waals surface area contributed by atoms with Crippen LogP contribution in [0.1, 0.15) is 6.92 Å². The Balaban J connectivity index is 2.30. The third-order valence-electron chi connectivity index (χ3n) is 1.49. The molecule has 0 aliphatic carbocycles. The van der Waals surface area contributed by atoms with Gasteiger partial charge in [-0.2, -0.15) is 0 Å². The predicted molar refractivity (Wildman–Crippen MR) is 35.2 cm³/mol. The molecule has 0 bridgehead atoms. The van der Waals surface area contributed by atoms with Gasteiger partial charge in [-0.05, 0) is 6.92 Å². The Morgan fingerprint density at radius 2 is 2.60 bits per heavy atom. The molecule has 1 aliphatic heterocycles. The van der Waals surface area contributed by atoms with Gasteiger partial charge in [0.1, 0.15) is 0 Å². The van der Waals surface area contributed by atoms with E-state index < -0.39 is 0 Å². The van der Waals surface area contributed by atoms with Crippen molar-refractivity contribution in [2.75, 3.05) is 6.61 Å². The Hall–Kier alpha value is -0.830. The second-order valence-electron chi connectivity index (χ2n) is 2.26. The highest BCUT2D eigenvalue weighted by Crippen LogP contribution is 2.20. The smallest absolute Gasteiger partial charge is 0.316 e. The summed E-state index contributed by atoms with van der Waals surface area (Å²) in [5.41, 5.74) is 0. The molecule has 1 rings (SSSR count). The quantitative estimate of drug-likeness (QED) is 0.331. The first-order valence-corrected chi connectivity index (χ1v) is 3.18. The molecule has 0 aromatic heterocycles. The van der Waals surface area contributed by atoms with Crippen molar-refractivity contribution in [1.29, 1.82) is 0 Å². The first-order chi connectivity index (χ1) is 4.75. The van der Waals surface area contributed by atoms with Crippen LogP contribution in [0, 0.1) is 5.92 Å². The van der Waals surface area contributed by atoms with Gasteiger partial charge >= 0.3 is 5.97 Å². The summed E-state index contributed by atoms with van der Waals surface area (Å²) in [6.07, 6.45) is 1.22. The van der Waals surface area contributed by atoms with Crippen LogP contribution in [-0.2, 0) is 14.3 Å². The van der Waals surface area contributed by atoms with Crippen molar-refractivity contribution in [3.8, 4) is 0 Å². The van der Waals surface area contributed by atoms with E-state index in [2.05, 4.69) is 11.3 Å². The lowest BCUT2D eigenvalue weighted by atomic mass is 10.1. The van der Waals surface area contributed by atoms with E-state index >= 15 is 0 Å². The van der Waals surface area contributed by atoms with Gasteiger partial charge < -0.3 is 9.47 Å². The van der Waals surface area contributed by atoms with Crippen molar-refractivity contribution in [1.82, 2.24) is 0 Å². The lowest BCUT2D eigenvalue weighted by molar-refractivity contribution is -0.142. The number of hydrogen-bond acceptors (Lipinski definition) is 3. The minimum absolute atomic E-state index is 0.0763. The SMILES string of the molecule is C=COC(=O)C(C)C1CO1. The van der Waals surface area contributed by atoms with E-state index in [-0.39, 0.29) is 18.0 Å². The highest BCUT2D eigenvalue weighted by Gasteiger charge is 2.34. The summed E-state index contributed by atoms with van der Waals surface area (Å²) in [4.78, 5) is 10.9. The normalized spacial score (nSPS) is 25.1. The van der Waals surface area contributed by atoms with Crippen LogP contribution in [0.25, 0.3) is 0 Å². The molecule has 0 saturated carbocycles. The zero-order valence-corrected chi connectivity index (χ0v) is 5.87. The number of ether oxygens (including phenoxy) is 2. The Labute approximate surface area is 59.6 Å². The number of epoxide rings is 1.